The Bertz CT molecular complexity index is 735. The lowest BCUT2D eigenvalue weighted by atomic mass is 10.1. The molecule has 7 heteroatoms. The summed E-state index contributed by atoms with van der Waals surface area (Å²) < 4.78 is 5.02. The summed E-state index contributed by atoms with van der Waals surface area (Å²) in [6.45, 7) is 1.97. The Morgan fingerprint density at radius 3 is 2.96 bits per heavy atom. The number of thiazole rings is 1. The number of hydrogen-bond acceptors (Lipinski definition) is 6. The summed E-state index contributed by atoms with van der Waals surface area (Å²) in [6, 6.07) is 3.77. The molecule has 1 amide bonds. The van der Waals surface area contributed by atoms with Gasteiger partial charge in [-0.3, -0.25) is 4.79 Å². The lowest BCUT2D eigenvalue weighted by Crippen LogP contribution is -2.30. The van der Waals surface area contributed by atoms with E-state index in [1.54, 1.807) is 34.9 Å². The number of aryl methyl sites for hydroxylation is 2. The first-order valence-electron chi connectivity index (χ1n) is 7.33. The van der Waals surface area contributed by atoms with Crippen LogP contribution in [0.1, 0.15) is 34.5 Å². The van der Waals surface area contributed by atoms with Gasteiger partial charge in [0.05, 0.1) is 12.2 Å². The molecule has 0 saturated heterocycles. The first-order chi connectivity index (χ1) is 11.2. The quantitative estimate of drug-likeness (QED) is 0.710. The van der Waals surface area contributed by atoms with Crippen LogP contribution in [0.2, 0.25) is 0 Å². The zero-order valence-electron chi connectivity index (χ0n) is 12.7. The van der Waals surface area contributed by atoms with E-state index in [-0.39, 0.29) is 11.9 Å². The molecule has 0 aliphatic carbocycles. The molecule has 1 N–H and O–H groups in total. The monoisotopic (exact) mass is 347 g/mol. The molecule has 0 aliphatic rings. The second kappa shape index (κ2) is 7.52. The topological polar surface area (TPSA) is 68.0 Å². The van der Waals surface area contributed by atoms with E-state index in [0.717, 1.165) is 22.9 Å². The van der Waals surface area contributed by atoms with Gasteiger partial charge in [-0.2, -0.15) is 11.3 Å². The van der Waals surface area contributed by atoms with Gasteiger partial charge in [-0.25, -0.2) is 4.98 Å². The van der Waals surface area contributed by atoms with E-state index in [4.69, 9.17) is 4.52 Å². The smallest absolute Gasteiger partial charge is 0.221 e. The molecule has 3 heterocycles. The summed E-state index contributed by atoms with van der Waals surface area (Å²) in [5, 5.41) is 13.9. The molecule has 1 atom stereocenters. The fraction of sp³-hybridized carbons (Fsp3) is 0.312. The van der Waals surface area contributed by atoms with Gasteiger partial charge in [-0.1, -0.05) is 5.16 Å². The summed E-state index contributed by atoms with van der Waals surface area (Å²) in [7, 11) is 0. The number of rotatable bonds is 7. The highest BCUT2D eigenvalue weighted by Crippen LogP contribution is 2.23. The molecule has 3 rings (SSSR count). The number of thiophene rings is 1. The zero-order valence-corrected chi connectivity index (χ0v) is 14.3. The third-order valence-electron chi connectivity index (χ3n) is 3.38. The Morgan fingerprint density at radius 1 is 1.39 bits per heavy atom. The zero-order chi connectivity index (χ0) is 16.1. The normalized spacial score (nSPS) is 12.2. The fourth-order valence-corrected chi connectivity index (χ4v) is 3.78. The molecule has 0 aliphatic heterocycles. The molecule has 120 valence electrons. The van der Waals surface area contributed by atoms with Crippen molar-refractivity contribution in [3.05, 3.63) is 56.5 Å². The minimum absolute atomic E-state index is 0.00511. The van der Waals surface area contributed by atoms with Crippen molar-refractivity contribution in [3.63, 3.8) is 0 Å². The second-order valence-electron chi connectivity index (χ2n) is 5.26. The summed E-state index contributed by atoms with van der Waals surface area (Å²) >= 11 is 3.25. The SMILES string of the molecule is Cc1csc([C@@H](Cc2ccsc2)NC(=O)CCc2ccno2)n1. The van der Waals surface area contributed by atoms with Gasteiger partial charge in [0.25, 0.3) is 0 Å². The summed E-state index contributed by atoms with van der Waals surface area (Å²) in [5.74, 6) is 0.717. The van der Waals surface area contributed by atoms with Crippen molar-refractivity contribution < 1.29 is 9.32 Å². The summed E-state index contributed by atoms with van der Waals surface area (Å²) in [4.78, 5) is 16.8. The molecule has 0 saturated carbocycles. The van der Waals surface area contributed by atoms with Gasteiger partial charge in [0, 0.05) is 36.4 Å². The van der Waals surface area contributed by atoms with Gasteiger partial charge in [-0.05, 0) is 29.3 Å². The summed E-state index contributed by atoms with van der Waals surface area (Å²) in [5.41, 5.74) is 2.19. The second-order valence-corrected chi connectivity index (χ2v) is 6.93. The Labute approximate surface area is 142 Å². The molecule has 23 heavy (non-hydrogen) atoms. The first kappa shape index (κ1) is 15.9. The Balaban J connectivity index is 1.64. The predicted molar refractivity (Wildman–Crippen MR) is 90.6 cm³/mol. The van der Waals surface area contributed by atoms with Crippen LogP contribution in [0.15, 0.2) is 39.0 Å². The van der Waals surface area contributed by atoms with Crippen LogP contribution in [0.25, 0.3) is 0 Å². The van der Waals surface area contributed by atoms with Crippen LogP contribution in [-0.2, 0) is 17.6 Å². The Hall–Kier alpha value is -1.99. The van der Waals surface area contributed by atoms with E-state index in [9.17, 15) is 4.79 Å². The van der Waals surface area contributed by atoms with Crippen molar-refractivity contribution in [2.24, 2.45) is 0 Å². The molecule has 0 unspecified atom stereocenters. The first-order valence-corrected chi connectivity index (χ1v) is 9.15. The van der Waals surface area contributed by atoms with Crippen LogP contribution < -0.4 is 5.32 Å². The van der Waals surface area contributed by atoms with Gasteiger partial charge in [0.15, 0.2) is 0 Å². The molecule has 3 aromatic heterocycles. The molecule has 0 radical (unpaired) electrons. The average molecular weight is 347 g/mol. The largest absolute Gasteiger partial charge is 0.361 e. The average Bonchev–Trinajstić information content (AvgIpc) is 3.27. The maximum absolute atomic E-state index is 12.3. The highest BCUT2D eigenvalue weighted by atomic mass is 32.1. The standard InChI is InChI=1S/C16H17N3O2S2/c1-11-9-23-16(18-11)14(8-12-5-7-22-10-12)19-15(20)3-2-13-4-6-17-21-13/h4-7,9-10,14H,2-3,8H2,1H3,(H,19,20)/t14-/m1/s1. The molecule has 5 nitrogen and oxygen atoms in total. The van der Waals surface area contributed by atoms with Crippen molar-refractivity contribution in [1.29, 1.82) is 0 Å². The van der Waals surface area contributed by atoms with Gasteiger partial charge >= 0.3 is 0 Å². The molecule has 0 spiro atoms. The number of aromatic nitrogens is 2. The van der Waals surface area contributed by atoms with Crippen LogP contribution in [0.5, 0.6) is 0 Å². The highest BCUT2D eigenvalue weighted by Gasteiger charge is 2.19. The lowest BCUT2D eigenvalue weighted by molar-refractivity contribution is -0.121. The van der Waals surface area contributed by atoms with Gasteiger partial charge < -0.3 is 9.84 Å². The van der Waals surface area contributed by atoms with E-state index < -0.39 is 0 Å². The van der Waals surface area contributed by atoms with E-state index in [2.05, 4.69) is 26.9 Å². The molecule has 0 fully saturated rings. The van der Waals surface area contributed by atoms with Crippen molar-refractivity contribution >= 4 is 28.6 Å². The molecule has 0 aromatic carbocycles. The van der Waals surface area contributed by atoms with Crippen molar-refractivity contribution in [3.8, 4) is 0 Å². The van der Waals surface area contributed by atoms with Crippen LogP contribution >= 0.6 is 22.7 Å². The predicted octanol–water partition coefficient (Wildman–Crippen LogP) is 3.53. The van der Waals surface area contributed by atoms with Crippen molar-refractivity contribution in [2.45, 2.75) is 32.2 Å². The molecule has 0 bridgehead atoms. The number of nitrogens with one attached hydrogen (secondary N) is 1. The van der Waals surface area contributed by atoms with Crippen LogP contribution in [0.3, 0.4) is 0 Å². The molecular formula is C16H17N3O2S2. The van der Waals surface area contributed by atoms with E-state index >= 15 is 0 Å². The van der Waals surface area contributed by atoms with Crippen LogP contribution in [-0.4, -0.2) is 16.0 Å². The maximum atomic E-state index is 12.3. The third kappa shape index (κ3) is 4.49. The number of carbonyl (C=O) groups is 1. The highest BCUT2D eigenvalue weighted by molar-refractivity contribution is 7.09. The van der Waals surface area contributed by atoms with Crippen molar-refractivity contribution in [1.82, 2.24) is 15.5 Å². The summed E-state index contributed by atoms with van der Waals surface area (Å²) in [6.07, 6.45) is 3.27. The van der Waals surface area contributed by atoms with E-state index in [0.29, 0.717) is 12.8 Å². The van der Waals surface area contributed by atoms with Gasteiger partial charge in [0.2, 0.25) is 5.91 Å². The molecule has 3 aromatic rings. The van der Waals surface area contributed by atoms with E-state index in [1.165, 1.54) is 5.56 Å². The maximum Gasteiger partial charge on any atom is 0.221 e. The molecular weight excluding hydrogens is 330 g/mol. The Kier molecular flexibility index (Phi) is 5.19. The Morgan fingerprint density at radius 2 is 2.30 bits per heavy atom. The fourth-order valence-electron chi connectivity index (χ4n) is 2.25. The minimum atomic E-state index is -0.0921. The number of nitrogens with zero attached hydrogens (tertiary/aromatic N) is 2. The lowest BCUT2D eigenvalue weighted by Gasteiger charge is -2.16. The van der Waals surface area contributed by atoms with Crippen LogP contribution in [0.4, 0.5) is 0 Å². The van der Waals surface area contributed by atoms with Crippen LogP contribution in [0, 0.1) is 6.92 Å². The number of hydrogen-bond donors (Lipinski definition) is 1. The van der Waals surface area contributed by atoms with E-state index in [1.807, 2.05) is 17.7 Å². The number of amides is 1. The third-order valence-corrected chi connectivity index (χ3v) is 5.19. The minimum Gasteiger partial charge on any atom is -0.361 e. The van der Waals surface area contributed by atoms with Crippen molar-refractivity contribution in [2.75, 3.05) is 0 Å². The number of carbonyl (C=O) groups excluding carboxylic acids is 1. The van der Waals surface area contributed by atoms with Gasteiger partial charge in [0.1, 0.15) is 10.8 Å². The van der Waals surface area contributed by atoms with Gasteiger partial charge in [-0.15, -0.1) is 11.3 Å².